The van der Waals surface area contributed by atoms with E-state index in [0.717, 1.165) is 24.5 Å². The highest BCUT2D eigenvalue weighted by molar-refractivity contribution is 5.76. The molecule has 0 saturated heterocycles. The van der Waals surface area contributed by atoms with Crippen LogP contribution < -0.4 is 0 Å². The molecule has 0 unspecified atom stereocenters. The molecule has 1 aliphatic carbocycles. The summed E-state index contributed by atoms with van der Waals surface area (Å²) >= 11 is 0. The second-order valence-electron chi connectivity index (χ2n) is 6.56. The molecule has 0 aromatic carbocycles. The van der Waals surface area contributed by atoms with Gasteiger partial charge in [-0.3, -0.25) is 14.4 Å². The van der Waals surface area contributed by atoms with E-state index >= 15 is 0 Å². The first kappa shape index (κ1) is 15.4. The SMILES string of the molecule is CN(C)C(=O)COC[C@H]1CN(C2CCC2)Cc2nnn(C)c21. The van der Waals surface area contributed by atoms with Crippen molar-refractivity contribution in [3.8, 4) is 0 Å². The number of rotatable bonds is 5. The van der Waals surface area contributed by atoms with E-state index in [1.165, 1.54) is 19.3 Å². The number of hydrogen-bond acceptors (Lipinski definition) is 5. The van der Waals surface area contributed by atoms with Gasteiger partial charge in [0.1, 0.15) is 12.3 Å². The summed E-state index contributed by atoms with van der Waals surface area (Å²) in [6.07, 6.45) is 3.89. The van der Waals surface area contributed by atoms with Crippen LogP contribution in [0.4, 0.5) is 0 Å². The topological polar surface area (TPSA) is 63.5 Å². The van der Waals surface area contributed by atoms with Crippen LogP contribution >= 0.6 is 0 Å². The Labute approximate surface area is 131 Å². The van der Waals surface area contributed by atoms with Crippen LogP contribution in [0.5, 0.6) is 0 Å². The van der Waals surface area contributed by atoms with Crippen molar-refractivity contribution in [1.82, 2.24) is 24.8 Å². The zero-order valence-corrected chi connectivity index (χ0v) is 13.7. The summed E-state index contributed by atoms with van der Waals surface area (Å²) in [7, 11) is 5.42. The number of hydrogen-bond donors (Lipinski definition) is 0. The smallest absolute Gasteiger partial charge is 0.248 e. The molecule has 1 saturated carbocycles. The molecule has 0 N–H and O–H groups in total. The van der Waals surface area contributed by atoms with Gasteiger partial charge in [0.2, 0.25) is 5.91 Å². The lowest BCUT2D eigenvalue weighted by atomic mass is 9.88. The highest BCUT2D eigenvalue weighted by Gasteiger charge is 2.35. The van der Waals surface area contributed by atoms with Crippen LogP contribution in [0.2, 0.25) is 0 Å². The zero-order chi connectivity index (χ0) is 15.7. The van der Waals surface area contributed by atoms with Gasteiger partial charge in [0, 0.05) is 46.2 Å². The highest BCUT2D eigenvalue weighted by atomic mass is 16.5. The number of carbonyl (C=O) groups excluding carboxylic acids is 1. The summed E-state index contributed by atoms with van der Waals surface area (Å²) < 4.78 is 7.53. The van der Waals surface area contributed by atoms with Crippen LogP contribution in [0.25, 0.3) is 0 Å². The van der Waals surface area contributed by atoms with E-state index in [9.17, 15) is 4.79 Å². The number of fused-ring (bicyclic) bond motifs is 1. The van der Waals surface area contributed by atoms with Gasteiger partial charge in [-0.2, -0.15) is 0 Å². The average Bonchev–Trinajstić information content (AvgIpc) is 2.78. The lowest BCUT2D eigenvalue weighted by molar-refractivity contribution is -0.133. The number of ether oxygens (including phenoxy) is 1. The van der Waals surface area contributed by atoms with Crippen LogP contribution in [-0.2, 0) is 23.1 Å². The molecule has 1 aliphatic heterocycles. The zero-order valence-electron chi connectivity index (χ0n) is 13.7. The molecule has 1 fully saturated rings. The Morgan fingerprint density at radius 3 is 2.82 bits per heavy atom. The van der Waals surface area contributed by atoms with Crippen molar-refractivity contribution in [3.63, 3.8) is 0 Å². The molecule has 2 heterocycles. The summed E-state index contributed by atoms with van der Waals surface area (Å²) in [6, 6.07) is 0.682. The second-order valence-corrected chi connectivity index (χ2v) is 6.56. The van der Waals surface area contributed by atoms with Crippen LogP contribution in [-0.4, -0.2) is 70.6 Å². The van der Waals surface area contributed by atoms with Crippen LogP contribution in [0.3, 0.4) is 0 Å². The minimum atomic E-state index is -0.00462. The average molecular weight is 307 g/mol. The molecule has 1 aromatic rings. The van der Waals surface area contributed by atoms with Gasteiger partial charge in [0.05, 0.1) is 12.3 Å². The molecule has 0 spiro atoms. The van der Waals surface area contributed by atoms with E-state index in [-0.39, 0.29) is 18.4 Å². The molecule has 1 atom stereocenters. The van der Waals surface area contributed by atoms with Crippen LogP contribution in [0, 0.1) is 0 Å². The maximum Gasteiger partial charge on any atom is 0.248 e. The van der Waals surface area contributed by atoms with Crippen molar-refractivity contribution in [2.45, 2.75) is 37.8 Å². The Hall–Kier alpha value is -1.47. The predicted octanol–water partition coefficient (Wildman–Crippen LogP) is 0.372. The van der Waals surface area contributed by atoms with Crippen molar-refractivity contribution < 1.29 is 9.53 Å². The molecule has 7 heteroatoms. The Bertz CT molecular complexity index is 538. The minimum Gasteiger partial charge on any atom is -0.371 e. The first-order valence-electron chi connectivity index (χ1n) is 7.96. The van der Waals surface area contributed by atoms with Gasteiger partial charge in [-0.25, -0.2) is 0 Å². The Morgan fingerprint density at radius 1 is 1.41 bits per heavy atom. The quantitative estimate of drug-likeness (QED) is 0.786. The van der Waals surface area contributed by atoms with Gasteiger partial charge in [-0.15, -0.1) is 5.10 Å². The lowest BCUT2D eigenvalue weighted by Crippen LogP contribution is -2.45. The van der Waals surface area contributed by atoms with Crippen molar-refractivity contribution in [1.29, 1.82) is 0 Å². The first-order chi connectivity index (χ1) is 10.6. The van der Waals surface area contributed by atoms with Gasteiger partial charge in [-0.1, -0.05) is 11.6 Å². The summed E-state index contributed by atoms with van der Waals surface area (Å²) in [5.74, 6) is 0.231. The summed E-state index contributed by atoms with van der Waals surface area (Å²) in [5.41, 5.74) is 2.22. The highest BCUT2D eigenvalue weighted by Crippen LogP contribution is 2.33. The lowest BCUT2D eigenvalue weighted by Gasteiger charge is -2.41. The molecule has 0 bridgehead atoms. The standard InChI is InChI=1S/C15H25N5O2/c1-18(2)14(21)10-22-9-11-7-20(12-5-4-6-12)8-13-15(11)19(3)17-16-13/h11-12H,4-10H2,1-3H3/t11-/m1/s1. The van der Waals surface area contributed by atoms with E-state index in [1.807, 2.05) is 11.7 Å². The predicted molar refractivity (Wildman–Crippen MR) is 81.3 cm³/mol. The number of aromatic nitrogens is 3. The molecule has 0 radical (unpaired) electrons. The van der Waals surface area contributed by atoms with E-state index in [0.29, 0.717) is 12.6 Å². The van der Waals surface area contributed by atoms with Gasteiger partial charge in [0.25, 0.3) is 0 Å². The fourth-order valence-corrected chi connectivity index (χ4v) is 3.23. The second kappa shape index (κ2) is 6.34. The monoisotopic (exact) mass is 307 g/mol. The third kappa shape index (κ3) is 3.01. The van der Waals surface area contributed by atoms with Gasteiger partial charge in [-0.05, 0) is 12.8 Å². The summed E-state index contributed by atoms with van der Waals surface area (Å²) in [4.78, 5) is 15.7. The third-order valence-corrected chi connectivity index (χ3v) is 4.77. The maximum absolute atomic E-state index is 11.6. The molecule has 22 heavy (non-hydrogen) atoms. The minimum absolute atomic E-state index is 0.00462. The van der Waals surface area contributed by atoms with Crippen molar-refractivity contribution in [2.24, 2.45) is 7.05 Å². The maximum atomic E-state index is 11.6. The number of amides is 1. The number of carbonyl (C=O) groups is 1. The normalized spacial score (nSPS) is 22.2. The van der Waals surface area contributed by atoms with Gasteiger partial charge >= 0.3 is 0 Å². The van der Waals surface area contributed by atoms with E-state index < -0.39 is 0 Å². The Morgan fingerprint density at radius 2 is 2.18 bits per heavy atom. The fourth-order valence-electron chi connectivity index (χ4n) is 3.23. The van der Waals surface area contributed by atoms with Crippen molar-refractivity contribution in [3.05, 3.63) is 11.4 Å². The van der Waals surface area contributed by atoms with Gasteiger partial charge in [0.15, 0.2) is 0 Å². The molecule has 3 rings (SSSR count). The summed E-state index contributed by atoms with van der Waals surface area (Å²) in [6.45, 7) is 2.53. The van der Waals surface area contributed by atoms with Crippen LogP contribution in [0.1, 0.15) is 36.6 Å². The van der Waals surface area contributed by atoms with Crippen molar-refractivity contribution >= 4 is 5.91 Å². The Balaban J connectivity index is 1.65. The van der Waals surface area contributed by atoms with E-state index in [1.54, 1.807) is 19.0 Å². The molecule has 7 nitrogen and oxygen atoms in total. The Kier molecular flexibility index (Phi) is 4.44. The molecular weight excluding hydrogens is 282 g/mol. The largest absolute Gasteiger partial charge is 0.371 e. The summed E-state index contributed by atoms with van der Waals surface area (Å²) in [5, 5.41) is 8.48. The van der Waals surface area contributed by atoms with E-state index in [4.69, 9.17) is 4.74 Å². The molecule has 122 valence electrons. The van der Waals surface area contributed by atoms with E-state index in [2.05, 4.69) is 15.2 Å². The first-order valence-corrected chi connectivity index (χ1v) is 7.96. The number of likely N-dealkylation sites (N-methyl/N-ethyl adjacent to an activating group) is 1. The molecule has 1 amide bonds. The molecule has 2 aliphatic rings. The van der Waals surface area contributed by atoms with Crippen molar-refractivity contribution in [2.75, 3.05) is 33.9 Å². The number of aryl methyl sites for hydroxylation is 1. The van der Waals surface area contributed by atoms with Gasteiger partial charge < -0.3 is 9.64 Å². The number of nitrogens with zero attached hydrogens (tertiary/aromatic N) is 5. The van der Waals surface area contributed by atoms with Crippen LogP contribution in [0.15, 0.2) is 0 Å². The third-order valence-electron chi connectivity index (χ3n) is 4.77. The fraction of sp³-hybridized carbons (Fsp3) is 0.800. The molecular formula is C15H25N5O2. The molecule has 1 aromatic heterocycles.